The van der Waals surface area contributed by atoms with Crippen LogP contribution in [0.5, 0.6) is 5.75 Å². The molecule has 1 amide bonds. The largest absolute Gasteiger partial charge is 0.494 e. The second-order valence-electron chi connectivity index (χ2n) is 6.38. The highest BCUT2D eigenvalue weighted by molar-refractivity contribution is 7.22. The van der Waals surface area contributed by atoms with E-state index in [-0.39, 0.29) is 11.8 Å². The maximum absolute atomic E-state index is 13.1. The lowest BCUT2D eigenvalue weighted by Gasteiger charge is -2.20. The van der Waals surface area contributed by atoms with Crippen LogP contribution in [0.4, 0.5) is 10.8 Å². The highest BCUT2D eigenvalue weighted by Gasteiger charge is 2.43. The summed E-state index contributed by atoms with van der Waals surface area (Å²) in [5.74, 6) is 1.49. The molecular weight excluding hydrogens is 332 g/mol. The average Bonchev–Trinajstić information content (AvgIpc) is 3.20. The number of hydrogen-bond donors (Lipinski definition) is 0. The number of ether oxygens (including phenoxy) is 1. The molecule has 1 aliphatic carbocycles. The van der Waals surface area contributed by atoms with Crippen LogP contribution < -0.4 is 9.64 Å². The molecule has 5 heteroatoms. The third-order valence-corrected chi connectivity index (χ3v) is 5.55. The van der Waals surface area contributed by atoms with Crippen LogP contribution in [0.3, 0.4) is 0 Å². The minimum absolute atomic E-state index is 0.0959. The summed E-state index contributed by atoms with van der Waals surface area (Å²) < 4.78 is 6.60. The Hall–Kier alpha value is -2.40. The van der Waals surface area contributed by atoms with E-state index in [0.717, 1.165) is 33.2 Å². The van der Waals surface area contributed by atoms with Crippen LogP contribution >= 0.6 is 11.3 Å². The molecule has 0 bridgehead atoms. The Morgan fingerprint density at radius 2 is 1.96 bits per heavy atom. The lowest BCUT2D eigenvalue weighted by atomic mass is 10.2. The van der Waals surface area contributed by atoms with Crippen molar-refractivity contribution in [2.45, 2.75) is 20.3 Å². The Balaban J connectivity index is 1.74. The van der Waals surface area contributed by atoms with Crippen molar-refractivity contribution < 1.29 is 9.53 Å². The molecule has 0 radical (unpaired) electrons. The molecule has 1 aromatic heterocycles. The van der Waals surface area contributed by atoms with Gasteiger partial charge in [-0.3, -0.25) is 9.69 Å². The van der Waals surface area contributed by atoms with Gasteiger partial charge in [0.25, 0.3) is 0 Å². The van der Waals surface area contributed by atoms with Crippen molar-refractivity contribution in [1.82, 2.24) is 4.98 Å². The van der Waals surface area contributed by atoms with Gasteiger partial charge in [-0.05, 0) is 55.7 Å². The van der Waals surface area contributed by atoms with Crippen molar-refractivity contribution in [3.63, 3.8) is 0 Å². The number of fused-ring (bicyclic) bond motifs is 1. The van der Waals surface area contributed by atoms with Crippen molar-refractivity contribution in [1.29, 1.82) is 0 Å². The molecule has 4 rings (SSSR count). The molecule has 0 aliphatic heterocycles. The zero-order chi connectivity index (χ0) is 17.4. The SMILES string of the molecule is CCOc1ccc(N(C(=O)[C@H]2C[C@@H]2C)c2nc3ccccc3s2)cc1. The third-order valence-electron chi connectivity index (χ3n) is 4.53. The maximum Gasteiger partial charge on any atom is 0.236 e. The Labute approximate surface area is 151 Å². The van der Waals surface area contributed by atoms with Crippen molar-refractivity contribution in [2.75, 3.05) is 11.5 Å². The fourth-order valence-corrected chi connectivity index (χ4v) is 3.97. The smallest absolute Gasteiger partial charge is 0.236 e. The molecule has 0 unspecified atom stereocenters. The molecule has 25 heavy (non-hydrogen) atoms. The first-order chi connectivity index (χ1) is 12.2. The lowest BCUT2D eigenvalue weighted by Crippen LogP contribution is -2.27. The van der Waals surface area contributed by atoms with Crippen molar-refractivity contribution in [3.05, 3.63) is 48.5 Å². The fourth-order valence-electron chi connectivity index (χ4n) is 2.98. The van der Waals surface area contributed by atoms with Gasteiger partial charge in [0.05, 0.1) is 22.5 Å². The molecular formula is C20H20N2O2S. The van der Waals surface area contributed by atoms with Gasteiger partial charge in [-0.25, -0.2) is 4.98 Å². The predicted octanol–water partition coefficient (Wildman–Crippen LogP) is 5.02. The number of hydrogen-bond acceptors (Lipinski definition) is 4. The normalized spacial score (nSPS) is 19.0. The molecule has 4 nitrogen and oxygen atoms in total. The summed E-state index contributed by atoms with van der Waals surface area (Å²) in [6.45, 7) is 4.70. The molecule has 2 aromatic carbocycles. The minimum Gasteiger partial charge on any atom is -0.494 e. The topological polar surface area (TPSA) is 42.4 Å². The van der Waals surface area contributed by atoms with Crippen molar-refractivity contribution in [3.8, 4) is 5.75 Å². The van der Waals surface area contributed by atoms with Gasteiger partial charge in [0.1, 0.15) is 5.75 Å². The van der Waals surface area contributed by atoms with Gasteiger partial charge in [0.15, 0.2) is 5.13 Å². The Morgan fingerprint density at radius 3 is 2.60 bits per heavy atom. The van der Waals surface area contributed by atoms with E-state index in [1.807, 2.05) is 55.5 Å². The van der Waals surface area contributed by atoms with E-state index >= 15 is 0 Å². The van der Waals surface area contributed by atoms with Gasteiger partial charge in [0.2, 0.25) is 5.91 Å². The van der Waals surface area contributed by atoms with Gasteiger partial charge in [-0.1, -0.05) is 30.4 Å². The van der Waals surface area contributed by atoms with Gasteiger partial charge in [0, 0.05) is 5.92 Å². The van der Waals surface area contributed by atoms with Crippen LogP contribution in [0.15, 0.2) is 48.5 Å². The summed E-state index contributed by atoms with van der Waals surface area (Å²) in [5.41, 5.74) is 1.77. The van der Waals surface area contributed by atoms with E-state index < -0.39 is 0 Å². The molecule has 1 saturated carbocycles. The molecule has 128 valence electrons. The fraction of sp³-hybridized carbons (Fsp3) is 0.300. The monoisotopic (exact) mass is 352 g/mol. The van der Waals surface area contributed by atoms with Crippen LogP contribution in [0.25, 0.3) is 10.2 Å². The maximum atomic E-state index is 13.1. The predicted molar refractivity (Wildman–Crippen MR) is 102 cm³/mol. The Morgan fingerprint density at radius 1 is 1.24 bits per heavy atom. The van der Waals surface area contributed by atoms with E-state index in [0.29, 0.717) is 12.5 Å². The first-order valence-electron chi connectivity index (χ1n) is 8.59. The molecule has 3 aromatic rings. The number of thiazole rings is 1. The number of anilines is 2. The first kappa shape index (κ1) is 16.1. The van der Waals surface area contributed by atoms with Gasteiger partial charge < -0.3 is 4.74 Å². The first-order valence-corrected chi connectivity index (χ1v) is 9.41. The van der Waals surface area contributed by atoms with Crippen LogP contribution in [0.1, 0.15) is 20.3 Å². The molecule has 1 heterocycles. The summed E-state index contributed by atoms with van der Waals surface area (Å²) in [6, 6.07) is 15.7. The van der Waals surface area contributed by atoms with Crippen LogP contribution in [-0.4, -0.2) is 17.5 Å². The van der Waals surface area contributed by atoms with Crippen LogP contribution in [0.2, 0.25) is 0 Å². The van der Waals surface area contributed by atoms with Crippen molar-refractivity contribution in [2.24, 2.45) is 11.8 Å². The molecule has 0 saturated heterocycles. The average molecular weight is 352 g/mol. The minimum atomic E-state index is 0.0959. The van der Waals surface area contributed by atoms with Crippen LogP contribution in [0, 0.1) is 11.8 Å². The highest BCUT2D eigenvalue weighted by atomic mass is 32.1. The number of rotatable bonds is 5. The number of carbonyl (C=O) groups excluding carboxylic acids is 1. The van der Waals surface area contributed by atoms with E-state index in [2.05, 4.69) is 6.92 Å². The second kappa shape index (κ2) is 6.48. The van der Waals surface area contributed by atoms with E-state index in [9.17, 15) is 4.79 Å². The quantitative estimate of drug-likeness (QED) is 0.648. The number of carbonyl (C=O) groups is 1. The summed E-state index contributed by atoms with van der Waals surface area (Å²) in [5, 5.41) is 0.731. The molecule has 0 N–H and O–H groups in total. The Bertz CT molecular complexity index is 870. The number of para-hydroxylation sites is 1. The van der Waals surface area contributed by atoms with Gasteiger partial charge in [-0.2, -0.15) is 0 Å². The second-order valence-corrected chi connectivity index (χ2v) is 7.39. The van der Waals surface area contributed by atoms with Gasteiger partial charge in [-0.15, -0.1) is 0 Å². The molecule has 1 fully saturated rings. The third kappa shape index (κ3) is 3.12. The number of amides is 1. The summed E-state index contributed by atoms with van der Waals surface area (Å²) in [6.07, 6.45) is 0.956. The molecule has 0 spiro atoms. The molecule has 1 aliphatic rings. The highest BCUT2D eigenvalue weighted by Crippen LogP contribution is 2.43. The number of benzene rings is 2. The van der Waals surface area contributed by atoms with E-state index in [1.54, 1.807) is 16.2 Å². The summed E-state index contributed by atoms with van der Waals surface area (Å²) in [7, 11) is 0. The van der Waals surface area contributed by atoms with Gasteiger partial charge >= 0.3 is 0 Å². The Kier molecular flexibility index (Phi) is 4.17. The van der Waals surface area contributed by atoms with E-state index in [1.165, 1.54) is 0 Å². The standard InChI is InChI=1S/C20H20N2O2S/c1-3-24-15-10-8-14(9-11-15)22(19(23)16-12-13(16)2)20-21-17-6-4-5-7-18(17)25-20/h4-11,13,16H,3,12H2,1-2H3/t13-,16-/m0/s1. The molecule has 2 atom stereocenters. The number of aromatic nitrogens is 1. The summed E-state index contributed by atoms with van der Waals surface area (Å²) >= 11 is 1.55. The van der Waals surface area contributed by atoms with E-state index in [4.69, 9.17) is 9.72 Å². The zero-order valence-electron chi connectivity index (χ0n) is 14.3. The van der Waals surface area contributed by atoms with Crippen LogP contribution in [-0.2, 0) is 4.79 Å². The summed E-state index contributed by atoms with van der Waals surface area (Å²) in [4.78, 5) is 19.5. The number of nitrogens with zero attached hydrogens (tertiary/aromatic N) is 2. The zero-order valence-corrected chi connectivity index (χ0v) is 15.1. The lowest BCUT2D eigenvalue weighted by molar-refractivity contribution is -0.119. The van der Waals surface area contributed by atoms with Crippen molar-refractivity contribution >= 4 is 38.3 Å².